The maximum atomic E-state index is 12.7. The van der Waals surface area contributed by atoms with E-state index < -0.39 is 0 Å². The van der Waals surface area contributed by atoms with Crippen molar-refractivity contribution in [3.63, 3.8) is 0 Å². The number of nitrogens with zero attached hydrogens (tertiary/aromatic N) is 2. The fourth-order valence-corrected chi connectivity index (χ4v) is 0.854. The maximum Gasteiger partial charge on any atom is 0.173 e. The second kappa shape index (κ2) is 1.80. The number of rotatable bonds is 0. The molecular formula is C7H4FN2. The number of pyridine rings is 1. The lowest BCUT2D eigenvalue weighted by Gasteiger charge is -1.90. The van der Waals surface area contributed by atoms with Crippen LogP contribution in [0.3, 0.4) is 0 Å². The zero-order valence-electron chi connectivity index (χ0n) is 5.08. The molecule has 3 heteroatoms. The topological polar surface area (TPSA) is 17.3 Å². The molecule has 0 spiro atoms. The molecule has 0 aliphatic carbocycles. The van der Waals surface area contributed by atoms with Crippen LogP contribution in [0.15, 0.2) is 24.5 Å². The fraction of sp³-hybridized carbons (Fsp3) is 0. The Hall–Kier alpha value is -1.38. The Labute approximate surface area is 56.9 Å². The van der Waals surface area contributed by atoms with E-state index in [0.717, 1.165) is 0 Å². The Bertz CT molecular complexity index is 353. The van der Waals surface area contributed by atoms with Gasteiger partial charge in [-0.3, -0.25) is 4.40 Å². The molecule has 0 aliphatic heterocycles. The van der Waals surface area contributed by atoms with Crippen LogP contribution >= 0.6 is 0 Å². The molecule has 2 rings (SSSR count). The van der Waals surface area contributed by atoms with E-state index in [9.17, 15) is 4.39 Å². The number of aromatic nitrogens is 2. The van der Waals surface area contributed by atoms with E-state index in [2.05, 4.69) is 11.2 Å². The second-order valence-corrected chi connectivity index (χ2v) is 1.94. The molecule has 2 heterocycles. The highest BCUT2D eigenvalue weighted by Gasteiger charge is 1.97. The Kier molecular flexibility index (Phi) is 0.974. The van der Waals surface area contributed by atoms with Gasteiger partial charge >= 0.3 is 0 Å². The summed E-state index contributed by atoms with van der Waals surface area (Å²) in [5.41, 5.74) is 0.322. The minimum atomic E-state index is -0.316. The van der Waals surface area contributed by atoms with Crippen LogP contribution in [-0.2, 0) is 0 Å². The molecule has 0 unspecified atom stereocenters. The summed E-state index contributed by atoms with van der Waals surface area (Å²) >= 11 is 0. The van der Waals surface area contributed by atoms with Gasteiger partial charge < -0.3 is 0 Å². The zero-order valence-corrected chi connectivity index (χ0v) is 5.08. The lowest BCUT2D eigenvalue weighted by molar-refractivity contribution is 0.630. The van der Waals surface area contributed by atoms with Gasteiger partial charge in [0.05, 0.1) is 12.4 Å². The molecule has 0 saturated heterocycles. The SMILES string of the molecule is Fc1cccn2[c]cnc12. The van der Waals surface area contributed by atoms with Gasteiger partial charge in [0.1, 0.15) is 0 Å². The van der Waals surface area contributed by atoms with Crippen LogP contribution in [0.4, 0.5) is 4.39 Å². The lowest BCUT2D eigenvalue weighted by Crippen LogP contribution is -1.85. The van der Waals surface area contributed by atoms with Crippen molar-refractivity contribution in [2.24, 2.45) is 0 Å². The van der Waals surface area contributed by atoms with Crippen LogP contribution in [0.5, 0.6) is 0 Å². The van der Waals surface area contributed by atoms with Gasteiger partial charge in [-0.1, -0.05) is 0 Å². The van der Waals surface area contributed by atoms with Crippen LogP contribution in [0.25, 0.3) is 5.65 Å². The summed E-state index contributed by atoms with van der Waals surface area (Å²) in [6.45, 7) is 0. The van der Waals surface area contributed by atoms with E-state index in [1.54, 1.807) is 12.3 Å². The molecule has 2 aromatic heterocycles. The van der Waals surface area contributed by atoms with E-state index in [1.165, 1.54) is 16.7 Å². The monoisotopic (exact) mass is 135 g/mol. The van der Waals surface area contributed by atoms with E-state index in [-0.39, 0.29) is 5.82 Å². The van der Waals surface area contributed by atoms with E-state index in [0.29, 0.717) is 5.65 Å². The molecule has 49 valence electrons. The van der Waals surface area contributed by atoms with Crippen LogP contribution in [0, 0.1) is 12.0 Å². The van der Waals surface area contributed by atoms with Gasteiger partial charge in [-0.25, -0.2) is 9.37 Å². The first-order chi connectivity index (χ1) is 4.88. The van der Waals surface area contributed by atoms with Crippen molar-refractivity contribution < 1.29 is 4.39 Å². The van der Waals surface area contributed by atoms with Crippen molar-refractivity contribution in [2.45, 2.75) is 0 Å². The molecule has 10 heavy (non-hydrogen) atoms. The number of fused-ring (bicyclic) bond motifs is 1. The number of hydrogen-bond donors (Lipinski definition) is 0. The Balaban J connectivity index is 2.95. The van der Waals surface area contributed by atoms with Crippen molar-refractivity contribution in [2.75, 3.05) is 0 Å². The molecule has 2 nitrogen and oxygen atoms in total. The molecule has 0 atom stereocenters. The average Bonchev–Trinajstić information content (AvgIpc) is 2.36. The molecule has 1 radical (unpaired) electrons. The highest BCUT2D eigenvalue weighted by Crippen LogP contribution is 2.04. The van der Waals surface area contributed by atoms with Crippen LogP contribution < -0.4 is 0 Å². The molecule has 0 bridgehead atoms. The van der Waals surface area contributed by atoms with Crippen molar-refractivity contribution >= 4 is 5.65 Å². The first-order valence-electron chi connectivity index (χ1n) is 2.87. The first-order valence-corrected chi connectivity index (χ1v) is 2.87. The van der Waals surface area contributed by atoms with Gasteiger partial charge in [0.25, 0.3) is 0 Å². The third-order valence-corrected chi connectivity index (χ3v) is 1.30. The summed E-state index contributed by atoms with van der Waals surface area (Å²) < 4.78 is 14.2. The molecule has 0 aromatic carbocycles. The normalized spacial score (nSPS) is 10.5. The molecule has 0 aliphatic rings. The van der Waals surface area contributed by atoms with Gasteiger partial charge in [0, 0.05) is 6.20 Å². The maximum absolute atomic E-state index is 12.7. The third kappa shape index (κ3) is 0.603. The van der Waals surface area contributed by atoms with E-state index >= 15 is 0 Å². The Morgan fingerprint density at radius 1 is 1.60 bits per heavy atom. The summed E-state index contributed by atoms with van der Waals surface area (Å²) in [5.74, 6) is -0.316. The molecule has 0 amide bonds. The summed E-state index contributed by atoms with van der Waals surface area (Å²) in [5, 5.41) is 0. The molecular weight excluding hydrogens is 131 g/mol. The van der Waals surface area contributed by atoms with E-state index in [4.69, 9.17) is 0 Å². The van der Waals surface area contributed by atoms with Gasteiger partial charge in [-0.15, -0.1) is 0 Å². The number of halogens is 1. The largest absolute Gasteiger partial charge is 0.296 e. The van der Waals surface area contributed by atoms with Crippen molar-refractivity contribution in [1.29, 1.82) is 0 Å². The molecule has 0 fully saturated rings. The highest BCUT2D eigenvalue weighted by molar-refractivity contribution is 5.38. The Morgan fingerprint density at radius 3 is 3.30 bits per heavy atom. The standard InChI is InChI=1S/C7H4FN2/c8-6-2-1-4-10-5-3-9-7(6)10/h1-4H. The Morgan fingerprint density at radius 2 is 2.50 bits per heavy atom. The van der Waals surface area contributed by atoms with Crippen molar-refractivity contribution in [3.8, 4) is 0 Å². The van der Waals surface area contributed by atoms with Gasteiger partial charge in [-0.05, 0) is 12.1 Å². The van der Waals surface area contributed by atoms with E-state index in [1.807, 2.05) is 0 Å². The van der Waals surface area contributed by atoms with Crippen molar-refractivity contribution in [1.82, 2.24) is 9.38 Å². The first kappa shape index (κ1) is 5.41. The summed E-state index contributed by atoms with van der Waals surface area (Å²) in [4.78, 5) is 3.75. The zero-order chi connectivity index (χ0) is 6.97. The molecule has 2 aromatic rings. The smallest absolute Gasteiger partial charge is 0.173 e. The van der Waals surface area contributed by atoms with Gasteiger partial charge in [0.15, 0.2) is 11.5 Å². The van der Waals surface area contributed by atoms with Crippen molar-refractivity contribution in [3.05, 3.63) is 36.5 Å². The quantitative estimate of drug-likeness (QED) is 0.531. The van der Waals surface area contributed by atoms with Crippen LogP contribution in [-0.4, -0.2) is 9.38 Å². The lowest BCUT2D eigenvalue weighted by atomic mass is 10.4. The molecule has 0 saturated carbocycles. The minimum absolute atomic E-state index is 0.316. The average molecular weight is 135 g/mol. The molecule has 0 N–H and O–H groups in total. The predicted octanol–water partition coefficient (Wildman–Crippen LogP) is 1.27. The third-order valence-electron chi connectivity index (χ3n) is 1.30. The minimum Gasteiger partial charge on any atom is -0.296 e. The fourth-order valence-electron chi connectivity index (χ4n) is 0.854. The van der Waals surface area contributed by atoms with Gasteiger partial charge in [-0.2, -0.15) is 0 Å². The summed E-state index contributed by atoms with van der Waals surface area (Å²) in [6.07, 6.45) is 5.87. The van der Waals surface area contributed by atoms with Gasteiger partial charge in [0.2, 0.25) is 0 Å². The van der Waals surface area contributed by atoms with Crippen LogP contribution in [0.2, 0.25) is 0 Å². The summed E-state index contributed by atoms with van der Waals surface area (Å²) in [7, 11) is 0. The summed E-state index contributed by atoms with van der Waals surface area (Å²) in [6, 6.07) is 2.98. The number of hydrogen-bond acceptors (Lipinski definition) is 1. The second-order valence-electron chi connectivity index (χ2n) is 1.94. The highest BCUT2D eigenvalue weighted by atomic mass is 19.1. The predicted molar refractivity (Wildman–Crippen MR) is 34.0 cm³/mol. The van der Waals surface area contributed by atoms with Crippen LogP contribution in [0.1, 0.15) is 0 Å². The number of imidazole rings is 1.